The van der Waals surface area contributed by atoms with Crippen molar-refractivity contribution in [1.29, 1.82) is 0 Å². The number of rotatable bonds is 2. The molecule has 3 rings (SSSR count). The molecule has 1 N–H and O–H groups in total. The molecular weight excluding hydrogens is 262 g/mol. The summed E-state index contributed by atoms with van der Waals surface area (Å²) in [5.41, 5.74) is 3.72. The van der Waals surface area contributed by atoms with Gasteiger partial charge in [0.2, 0.25) is 5.91 Å². The number of aromatic nitrogens is 2. The fraction of sp³-hybridized carbons (Fsp3) is 0.118. The van der Waals surface area contributed by atoms with Gasteiger partial charge in [-0.3, -0.25) is 4.79 Å². The maximum atomic E-state index is 11.2. The fourth-order valence-corrected chi connectivity index (χ4v) is 2.20. The molecule has 1 heterocycles. The van der Waals surface area contributed by atoms with Crippen LogP contribution in [0.4, 0.5) is 5.69 Å². The van der Waals surface area contributed by atoms with Crippen LogP contribution in [0.3, 0.4) is 0 Å². The van der Waals surface area contributed by atoms with Gasteiger partial charge in [0.05, 0.1) is 11.2 Å². The molecule has 104 valence electrons. The van der Waals surface area contributed by atoms with Crippen molar-refractivity contribution in [2.45, 2.75) is 13.8 Å². The number of carbonyl (C=O) groups excluding carboxylic acids is 1. The van der Waals surface area contributed by atoms with Crippen LogP contribution in [0.5, 0.6) is 0 Å². The summed E-state index contributed by atoms with van der Waals surface area (Å²) in [6, 6.07) is 13.7. The van der Waals surface area contributed by atoms with E-state index in [0.717, 1.165) is 22.2 Å². The third-order valence-electron chi connectivity index (χ3n) is 3.25. The van der Waals surface area contributed by atoms with Crippen LogP contribution in [0, 0.1) is 6.92 Å². The molecule has 1 amide bonds. The average Bonchev–Trinajstić information content (AvgIpc) is 2.47. The summed E-state index contributed by atoms with van der Waals surface area (Å²) >= 11 is 0. The molecule has 0 radical (unpaired) electrons. The minimum absolute atomic E-state index is 0.106. The lowest BCUT2D eigenvalue weighted by Gasteiger charge is -2.07. The average molecular weight is 277 g/mol. The monoisotopic (exact) mass is 277 g/mol. The minimum Gasteiger partial charge on any atom is -0.326 e. The van der Waals surface area contributed by atoms with Crippen LogP contribution in [0.25, 0.3) is 22.3 Å². The van der Waals surface area contributed by atoms with E-state index in [1.807, 2.05) is 49.4 Å². The number of nitrogens with one attached hydrogen (secondary N) is 1. The summed E-state index contributed by atoms with van der Waals surface area (Å²) in [5.74, 6) is 0.576. The molecule has 0 unspecified atom stereocenters. The molecule has 0 fully saturated rings. The molecule has 0 saturated heterocycles. The third kappa shape index (κ3) is 2.74. The second-order valence-corrected chi connectivity index (χ2v) is 4.98. The summed E-state index contributed by atoms with van der Waals surface area (Å²) in [4.78, 5) is 20.2. The third-order valence-corrected chi connectivity index (χ3v) is 3.25. The Balaban J connectivity index is 2.08. The summed E-state index contributed by atoms with van der Waals surface area (Å²) in [6.07, 6.45) is 1.75. The molecule has 0 aliphatic heterocycles. The van der Waals surface area contributed by atoms with Gasteiger partial charge in [0, 0.05) is 24.1 Å². The van der Waals surface area contributed by atoms with E-state index in [9.17, 15) is 4.79 Å². The quantitative estimate of drug-likeness (QED) is 0.779. The summed E-state index contributed by atoms with van der Waals surface area (Å²) in [6.45, 7) is 3.53. The van der Waals surface area contributed by atoms with Gasteiger partial charge in [0.1, 0.15) is 0 Å². The maximum Gasteiger partial charge on any atom is 0.221 e. The second-order valence-electron chi connectivity index (χ2n) is 4.98. The fourth-order valence-electron chi connectivity index (χ4n) is 2.20. The Morgan fingerprint density at radius 3 is 2.57 bits per heavy atom. The van der Waals surface area contributed by atoms with E-state index in [-0.39, 0.29) is 5.91 Å². The highest BCUT2D eigenvalue weighted by Crippen LogP contribution is 2.24. The van der Waals surface area contributed by atoms with Crippen molar-refractivity contribution in [3.05, 3.63) is 54.2 Å². The largest absolute Gasteiger partial charge is 0.326 e. The molecule has 0 bridgehead atoms. The second kappa shape index (κ2) is 5.32. The first-order valence-corrected chi connectivity index (χ1v) is 6.74. The number of amides is 1. The van der Waals surface area contributed by atoms with Gasteiger partial charge < -0.3 is 5.32 Å². The van der Waals surface area contributed by atoms with Crippen LogP contribution >= 0.6 is 0 Å². The Morgan fingerprint density at radius 1 is 1.10 bits per heavy atom. The number of anilines is 1. The molecule has 21 heavy (non-hydrogen) atoms. The van der Waals surface area contributed by atoms with Crippen LogP contribution in [-0.4, -0.2) is 15.9 Å². The first-order chi connectivity index (χ1) is 10.1. The van der Waals surface area contributed by atoms with Gasteiger partial charge in [-0.25, -0.2) is 9.97 Å². The smallest absolute Gasteiger partial charge is 0.221 e. The van der Waals surface area contributed by atoms with Crippen molar-refractivity contribution in [2.24, 2.45) is 0 Å². The standard InChI is InChI=1S/C17H15N3O/c1-11-6-8-13(9-7-11)17-18-10-14-15(19-12(2)21)4-3-5-16(14)20-17/h3-10H,1-2H3,(H,19,21). The SMILES string of the molecule is CC(=O)Nc1cccc2nc(-c3ccc(C)cc3)ncc12. The van der Waals surface area contributed by atoms with Crippen LogP contribution in [0.1, 0.15) is 12.5 Å². The van der Waals surface area contributed by atoms with Crippen molar-refractivity contribution in [1.82, 2.24) is 9.97 Å². The van der Waals surface area contributed by atoms with Crippen molar-refractivity contribution in [3.8, 4) is 11.4 Å². The molecule has 1 aromatic heterocycles. The van der Waals surface area contributed by atoms with E-state index >= 15 is 0 Å². The van der Waals surface area contributed by atoms with E-state index in [4.69, 9.17) is 0 Å². The molecule has 0 atom stereocenters. The lowest BCUT2D eigenvalue weighted by molar-refractivity contribution is -0.114. The lowest BCUT2D eigenvalue weighted by Crippen LogP contribution is -2.06. The molecular formula is C17H15N3O. The molecule has 3 aromatic rings. The van der Waals surface area contributed by atoms with Gasteiger partial charge in [-0.05, 0) is 19.1 Å². The molecule has 4 heteroatoms. The van der Waals surface area contributed by atoms with Crippen LogP contribution in [0.15, 0.2) is 48.7 Å². The summed E-state index contributed by atoms with van der Waals surface area (Å²) in [5, 5.41) is 3.63. The molecule has 0 aliphatic rings. The molecule has 2 aromatic carbocycles. The van der Waals surface area contributed by atoms with Gasteiger partial charge in [-0.15, -0.1) is 0 Å². The molecule has 0 saturated carbocycles. The van der Waals surface area contributed by atoms with E-state index < -0.39 is 0 Å². The van der Waals surface area contributed by atoms with Gasteiger partial charge in [-0.1, -0.05) is 35.9 Å². The van der Waals surface area contributed by atoms with Crippen LogP contribution in [0.2, 0.25) is 0 Å². The predicted octanol–water partition coefficient (Wildman–Crippen LogP) is 3.56. The van der Waals surface area contributed by atoms with Crippen LogP contribution in [-0.2, 0) is 4.79 Å². The first kappa shape index (κ1) is 13.2. The normalized spacial score (nSPS) is 10.6. The summed E-state index contributed by atoms with van der Waals surface area (Å²) < 4.78 is 0. The van der Waals surface area contributed by atoms with Gasteiger partial charge in [0.15, 0.2) is 5.82 Å². The van der Waals surface area contributed by atoms with Crippen molar-refractivity contribution in [3.63, 3.8) is 0 Å². The topological polar surface area (TPSA) is 54.9 Å². The lowest BCUT2D eigenvalue weighted by atomic mass is 10.1. The van der Waals surface area contributed by atoms with Crippen molar-refractivity contribution >= 4 is 22.5 Å². The van der Waals surface area contributed by atoms with Crippen molar-refractivity contribution < 1.29 is 4.79 Å². The number of carbonyl (C=O) groups is 1. The highest BCUT2D eigenvalue weighted by Gasteiger charge is 2.07. The van der Waals surface area contributed by atoms with E-state index in [0.29, 0.717) is 5.82 Å². The minimum atomic E-state index is -0.106. The van der Waals surface area contributed by atoms with Gasteiger partial charge >= 0.3 is 0 Å². The Hall–Kier alpha value is -2.75. The zero-order chi connectivity index (χ0) is 14.8. The van der Waals surface area contributed by atoms with E-state index in [1.54, 1.807) is 6.20 Å². The Bertz CT molecular complexity index is 810. The predicted molar refractivity (Wildman–Crippen MR) is 84.0 cm³/mol. The summed E-state index contributed by atoms with van der Waals surface area (Å²) in [7, 11) is 0. The number of benzene rings is 2. The molecule has 0 spiro atoms. The van der Waals surface area contributed by atoms with Crippen molar-refractivity contribution in [2.75, 3.05) is 5.32 Å². The maximum absolute atomic E-state index is 11.2. The number of aryl methyl sites for hydroxylation is 1. The highest BCUT2D eigenvalue weighted by atomic mass is 16.1. The molecule has 0 aliphatic carbocycles. The Kier molecular flexibility index (Phi) is 3.36. The van der Waals surface area contributed by atoms with E-state index in [1.165, 1.54) is 12.5 Å². The number of hydrogen-bond acceptors (Lipinski definition) is 3. The Morgan fingerprint density at radius 2 is 1.86 bits per heavy atom. The number of hydrogen-bond donors (Lipinski definition) is 1. The Labute approximate surface area is 122 Å². The first-order valence-electron chi connectivity index (χ1n) is 6.74. The molecule has 4 nitrogen and oxygen atoms in total. The van der Waals surface area contributed by atoms with Crippen LogP contribution < -0.4 is 5.32 Å². The van der Waals surface area contributed by atoms with E-state index in [2.05, 4.69) is 15.3 Å². The zero-order valence-electron chi connectivity index (χ0n) is 11.9. The highest BCUT2D eigenvalue weighted by molar-refractivity contribution is 6.00. The number of nitrogens with zero attached hydrogens (tertiary/aromatic N) is 2. The number of fused-ring (bicyclic) bond motifs is 1. The van der Waals surface area contributed by atoms with Gasteiger partial charge in [0.25, 0.3) is 0 Å². The zero-order valence-corrected chi connectivity index (χ0v) is 11.9. The van der Waals surface area contributed by atoms with Gasteiger partial charge in [-0.2, -0.15) is 0 Å².